The van der Waals surface area contributed by atoms with Gasteiger partial charge in [0.1, 0.15) is 0 Å². The largest absolute Gasteiger partial charge is 0.314 e. The van der Waals surface area contributed by atoms with Gasteiger partial charge in [-0.3, -0.25) is 4.90 Å². The molecule has 0 aromatic carbocycles. The molecule has 0 radical (unpaired) electrons. The van der Waals surface area contributed by atoms with Crippen molar-refractivity contribution in [2.75, 3.05) is 26.2 Å². The Labute approximate surface area is 112 Å². The highest BCUT2D eigenvalue weighted by Crippen LogP contribution is 2.35. The van der Waals surface area contributed by atoms with Gasteiger partial charge in [-0.2, -0.15) is 5.26 Å². The van der Waals surface area contributed by atoms with E-state index < -0.39 is 0 Å². The Bertz CT molecular complexity index is 302. The Kier molecular flexibility index (Phi) is 4.29. The second-order valence-corrected chi connectivity index (χ2v) is 6.69. The molecular formula is C15H27N3. The van der Waals surface area contributed by atoms with Crippen LogP contribution < -0.4 is 5.32 Å². The van der Waals surface area contributed by atoms with E-state index in [2.05, 4.69) is 30.1 Å². The first-order valence-corrected chi connectivity index (χ1v) is 7.45. The summed E-state index contributed by atoms with van der Waals surface area (Å²) in [5, 5.41) is 12.7. The second-order valence-electron chi connectivity index (χ2n) is 6.69. The number of nitrogens with one attached hydrogen (secondary N) is 1. The zero-order chi connectivity index (χ0) is 13.1. The van der Waals surface area contributed by atoms with Gasteiger partial charge in [-0.25, -0.2) is 0 Å². The fraction of sp³-hybridized carbons (Fsp3) is 0.933. The lowest BCUT2D eigenvalue weighted by molar-refractivity contribution is 0.0219. The maximum absolute atomic E-state index is 9.14. The Hall–Kier alpha value is -0.590. The molecule has 2 rings (SSSR count). The first-order chi connectivity index (χ1) is 8.58. The summed E-state index contributed by atoms with van der Waals surface area (Å²) in [7, 11) is 0. The van der Waals surface area contributed by atoms with Crippen molar-refractivity contribution in [2.45, 2.75) is 57.9 Å². The van der Waals surface area contributed by atoms with Crippen LogP contribution in [0.3, 0.4) is 0 Å². The molecule has 1 aliphatic heterocycles. The summed E-state index contributed by atoms with van der Waals surface area (Å²) in [6.45, 7) is 8.62. The van der Waals surface area contributed by atoms with Gasteiger partial charge < -0.3 is 5.32 Å². The lowest BCUT2D eigenvalue weighted by Gasteiger charge is -2.50. The number of nitrogens with zero attached hydrogens (tertiary/aromatic N) is 2. The third-order valence-electron chi connectivity index (χ3n) is 4.78. The summed E-state index contributed by atoms with van der Waals surface area (Å²) < 4.78 is 0. The average molecular weight is 249 g/mol. The molecular weight excluding hydrogens is 222 g/mol. The van der Waals surface area contributed by atoms with Crippen molar-refractivity contribution >= 4 is 0 Å². The molecule has 3 nitrogen and oxygen atoms in total. The van der Waals surface area contributed by atoms with Crippen molar-refractivity contribution in [1.82, 2.24) is 10.2 Å². The molecule has 1 aliphatic carbocycles. The minimum Gasteiger partial charge on any atom is -0.314 e. The SMILES string of the molecule is CC(C)(C#N)CCN1CCNCC12CCCCC2. The smallest absolute Gasteiger partial charge is 0.0684 e. The van der Waals surface area contributed by atoms with Crippen LogP contribution in [0, 0.1) is 16.7 Å². The maximum Gasteiger partial charge on any atom is 0.0684 e. The summed E-state index contributed by atoms with van der Waals surface area (Å²) in [4.78, 5) is 2.68. The molecule has 1 N–H and O–H groups in total. The molecule has 0 unspecified atom stereocenters. The highest BCUT2D eigenvalue weighted by molar-refractivity contribution is 4.99. The monoisotopic (exact) mass is 249 g/mol. The van der Waals surface area contributed by atoms with Crippen LogP contribution in [0.1, 0.15) is 52.4 Å². The molecule has 3 heteroatoms. The van der Waals surface area contributed by atoms with E-state index in [1.807, 2.05) is 0 Å². The lowest BCUT2D eigenvalue weighted by atomic mass is 9.78. The average Bonchev–Trinajstić information content (AvgIpc) is 2.39. The van der Waals surface area contributed by atoms with Gasteiger partial charge in [0.15, 0.2) is 0 Å². The quantitative estimate of drug-likeness (QED) is 0.835. The fourth-order valence-corrected chi connectivity index (χ4v) is 3.41. The number of nitriles is 1. The highest BCUT2D eigenvalue weighted by Gasteiger charge is 2.39. The molecule has 0 aromatic rings. The van der Waals surface area contributed by atoms with Crippen LogP contribution in [0.4, 0.5) is 0 Å². The summed E-state index contributed by atoms with van der Waals surface area (Å²) in [5.74, 6) is 0. The molecule has 1 saturated carbocycles. The van der Waals surface area contributed by atoms with Gasteiger partial charge in [0.05, 0.1) is 11.5 Å². The summed E-state index contributed by atoms with van der Waals surface area (Å²) in [6.07, 6.45) is 7.82. The van der Waals surface area contributed by atoms with Crippen molar-refractivity contribution in [1.29, 1.82) is 5.26 Å². The van der Waals surface area contributed by atoms with Crippen LogP contribution in [0.2, 0.25) is 0 Å². The topological polar surface area (TPSA) is 39.1 Å². The third-order valence-corrected chi connectivity index (χ3v) is 4.78. The molecule has 102 valence electrons. The van der Waals surface area contributed by atoms with Crippen molar-refractivity contribution in [2.24, 2.45) is 5.41 Å². The van der Waals surface area contributed by atoms with Gasteiger partial charge in [-0.15, -0.1) is 0 Å². The van der Waals surface area contributed by atoms with Crippen molar-refractivity contribution < 1.29 is 0 Å². The fourth-order valence-electron chi connectivity index (χ4n) is 3.41. The maximum atomic E-state index is 9.14. The van der Waals surface area contributed by atoms with Gasteiger partial charge in [-0.05, 0) is 33.1 Å². The number of piperazine rings is 1. The Morgan fingerprint density at radius 1 is 1.28 bits per heavy atom. The van der Waals surface area contributed by atoms with Crippen LogP contribution in [0.5, 0.6) is 0 Å². The van der Waals surface area contributed by atoms with E-state index >= 15 is 0 Å². The van der Waals surface area contributed by atoms with Crippen molar-refractivity contribution in [3.8, 4) is 6.07 Å². The third kappa shape index (κ3) is 3.05. The first kappa shape index (κ1) is 13.8. The van der Waals surface area contributed by atoms with E-state index in [9.17, 15) is 0 Å². The van der Waals surface area contributed by atoms with Gasteiger partial charge in [-0.1, -0.05) is 19.3 Å². The number of rotatable bonds is 3. The van der Waals surface area contributed by atoms with E-state index in [4.69, 9.17) is 5.26 Å². The number of hydrogen-bond acceptors (Lipinski definition) is 3. The van der Waals surface area contributed by atoms with Crippen LogP contribution in [0.25, 0.3) is 0 Å². The Morgan fingerprint density at radius 3 is 2.67 bits per heavy atom. The number of hydrogen-bond donors (Lipinski definition) is 1. The lowest BCUT2D eigenvalue weighted by Crippen LogP contribution is -2.62. The second kappa shape index (κ2) is 5.59. The van der Waals surface area contributed by atoms with E-state index in [0.29, 0.717) is 5.54 Å². The van der Waals surface area contributed by atoms with Crippen LogP contribution in [-0.4, -0.2) is 36.6 Å². The standard InChI is InChI=1S/C15H27N3/c1-14(2,12-16)8-10-18-11-9-17-13-15(18)6-4-3-5-7-15/h17H,3-11,13H2,1-2H3. The molecule has 1 saturated heterocycles. The molecule has 1 spiro atoms. The van der Waals surface area contributed by atoms with Gasteiger partial charge in [0.25, 0.3) is 0 Å². The predicted molar refractivity (Wildman–Crippen MR) is 74.3 cm³/mol. The van der Waals surface area contributed by atoms with Crippen LogP contribution >= 0.6 is 0 Å². The zero-order valence-electron chi connectivity index (χ0n) is 12.0. The molecule has 1 heterocycles. The summed E-state index contributed by atoms with van der Waals surface area (Å²) >= 11 is 0. The molecule has 2 aliphatic rings. The van der Waals surface area contributed by atoms with Crippen molar-refractivity contribution in [3.05, 3.63) is 0 Å². The molecule has 2 fully saturated rings. The van der Waals surface area contributed by atoms with E-state index in [0.717, 1.165) is 32.6 Å². The minimum atomic E-state index is -0.180. The van der Waals surface area contributed by atoms with Crippen LogP contribution in [0.15, 0.2) is 0 Å². The van der Waals surface area contributed by atoms with E-state index in [1.165, 1.54) is 32.1 Å². The summed E-state index contributed by atoms with van der Waals surface area (Å²) in [6, 6.07) is 2.43. The molecule has 18 heavy (non-hydrogen) atoms. The molecule has 0 aromatic heterocycles. The van der Waals surface area contributed by atoms with E-state index in [-0.39, 0.29) is 5.41 Å². The van der Waals surface area contributed by atoms with Gasteiger partial charge in [0.2, 0.25) is 0 Å². The normalized spacial score (nSPS) is 24.9. The molecule has 0 amide bonds. The molecule has 0 atom stereocenters. The Balaban J connectivity index is 1.98. The summed E-state index contributed by atoms with van der Waals surface area (Å²) in [5.41, 5.74) is 0.225. The predicted octanol–water partition coefficient (Wildman–Crippen LogP) is 2.53. The van der Waals surface area contributed by atoms with Gasteiger partial charge >= 0.3 is 0 Å². The zero-order valence-corrected chi connectivity index (χ0v) is 12.0. The van der Waals surface area contributed by atoms with Crippen LogP contribution in [-0.2, 0) is 0 Å². The van der Waals surface area contributed by atoms with Crippen molar-refractivity contribution in [3.63, 3.8) is 0 Å². The highest BCUT2D eigenvalue weighted by atomic mass is 15.3. The minimum absolute atomic E-state index is 0.180. The van der Waals surface area contributed by atoms with E-state index in [1.54, 1.807) is 0 Å². The Morgan fingerprint density at radius 2 is 2.00 bits per heavy atom. The van der Waals surface area contributed by atoms with Gasteiger partial charge in [0, 0.05) is 31.7 Å². The first-order valence-electron chi connectivity index (χ1n) is 7.45. The molecule has 0 bridgehead atoms.